The first-order chi connectivity index (χ1) is 9.49. The van der Waals surface area contributed by atoms with Crippen LogP contribution in [0.15, 0.2) is 18.2 Å². The van der Waals surface area contributed by atoms with Crippen molar-refractivity contribution in [2.24, 2.45) is 0 Å². The van der Waals surface area contributed by atoms with E-state index in [1.807, 2.05) is 0 Å². The van der Waals surface area contributed by atoms with E-state index in [0.717, 1.165) is 13.8 Å². The molecule has 0 aliphatic carbocycles. The molecule has 1 aromatic carbocycles. The lowest BCUT2D eigenvalue weighted by atomic mass is 10.0. The summed E-state index contributed by atoms with van der Waals surface area (Å²) in [4.78, 5) is 10.7. The first-order valence-electron chi connectivity index (χ1n) is 5.98. The number of aliphatic carboxylic acids is 1. The van der Waals surface area contributed by atoms with Crippen LogP contribution in [0.25, 0.3) is 0 Å². The van der Waals surface area contributed by atoms with Crippen LogP contribution < -0.4 is 4.74 Å². The molecule has 0 heterocycles. The Morgan fingerprint density at radius 3 is 2.29 bits per heavy atom. The average molecular weight is 312 g/mol. The van der Waals surface area contributed by atoms with E-state index in [1.165, 1.54) is 0 Å². The number of halogens is 5. The molecule has 1 aromatic rings. The molecule has 0 saturated carbocycles. The van der Waals surface area contributed by atoms with Crippen LogP contribution in [-0.2, 0) is 16.9 Å². The molecule has 0 spiro atoms. The summed E-state index contributed by atoms with van der Waals surface area (Å²) < 4.78 is 70.2. The fraction of sp³-hybridized carbons (Fsp3) is 0.462. The number of ether oxygens (including phenoxy) is 1. The van der Waals surface area contributed by atoms with Gasteiger partial charge in [-0.05, 0) is 25.1 Å². The number of carboxylic acid groups (broad SMARTS) is 1. The van der Waals surface area contributed by atoms with Crippen LogP contribution in [-0.4, -0.2) is 17.2 Å². The highest BCUT2D eigenvalue weighted by Crippen LogP contribution is 2.41. The van der Waals surface area contributed by atoms with Gasteiger partial charge in [0.15, 0.2) is 6.10 Å². The molecule has 1 N–H and O–H groups in total. The van der Waals surface area contributed by atoms with Gasteiger partial charge in [-0.25, -0.2) is 13.6 Å². The van der Waals surface area contributed by atoms with Gasteiger partial charge in [-0.1, -0.05) is 6.92 Å². The summed E-state index contributed by atoms with van der Waals surface area (Å²) in [5, 5.41) is 8.69. The largest absolute Gasteiger partial charge is 0.479 e. The maximum atomic E-state index is 13.8. The van der Waals surface area contributed by atoms with Crippen molar-refractivity contribution in [3.05, 3.63) is 29.3 Å². The SMILES string of the molecule is CCC(F)(F)c1cc(C(F)(F)F)ccc1O[C@@H](C)C(=O)O. The van der Waals surface area contributed by atoms with E-state index in [2.05, 4.69) is 0 Å². The van der Waals surface area contributed by atoms with Gasteiger partial charge in [0.25, 0.3) is 5.92 Å². The summed E-state index contributed by atoms with van der Waals surface area (Å²) in [5.41, 5.74) is -2.23. The topological polar surface area (TPSA) is 46.5 Å². The van der Waals surface area contributed by atoms with E-state index in [0.29, 0.717) is 12.1 Å². The van der Waals surface area contributed by atoms with Gasteiger partial charge in [0.2, 0.25) is 0 Å². The van der Waals surface area contributed by atoms with Gasteiger partial charge < -0.3 is 9.84 Å². The molecule has 3 nitrogen and oxygen atoms in total. The van der Waals surface area contributed by atoms with Gasteiger partial charge in [0.05, 0.1) is 11.1 Å². The first kappa shape index (κ1) is 17.2. The van der Waals surface area contributed by atoms with Crippen molar-refractivity contribution in [1.82, 2.24) is 0 Å². The molecule has 0 aromatic heterocycles. The first-order valence-corrected chi connectivity index (χ1v) is 5.98. The maximum Gasteiger partial charge on any atom is 0.416 e. The molecule has 0 aliphatic rings. The van der Waals surface area contributed by atoms with Crippen LogP contribution in [0.5, 0.6) is 5.75 Å². The molecular weight excluding hydrogens is 299 g/mol. The predicted molar refractivity (Wildman–Crippen MR) is 63.4 cm³/mol. The number of carboxylic acids is 1. The Bertz CT molecular complexity index is 525. The van der Waals surface area contributed by atoms with E-state index >= 15 is 0 Å². The highest BCUT2D eigenvalue weighted by atomic mass is 19.4. The maximum absolute atomic E-state index is 13.8. The van der Waals surface area contributed by atoms with E-state index in [4.69, 9.17) is 9.84 Å². The molecule has 118 valence electrons. The monoisotopic (exact) mass is 312 g/mol. The van der Waals surface area contributed by atoms with Crippen molar-refractivity contribution in [2.45, 2.75) is 38.5 Å². The van der Waals surface area contributed by atoms with Gasteiger partial charge in [-0.3, -0.25) is 0 Å². The van der Waals surface area contributed by atoms with Crippen molar-refractivity contribution in [2.75, 3.05) is 0 Å². The summed E-state index contributed by atoms with van der Waals surface area (Å²) in [7, 11) is 0. The lowest BCUT2D eigenvalue weighted by Crippen LogP contribution is -2.25. The standard InChI is InChI=1S/C13H13F5O3/c1-3-12(14,15)9-6-8(13(16,17)18)4-5-10(9)21-7(2)11(19)20/h4-7H,3H2,1-2H3,(H,19,20)/t7-/m0/s1. The Morgan fingerprint density at radius 1 is 1.29 bits per heavy atom. The zero-order valence-corrected chi connectivity index (χ0v) is 11.2. The van der Waals surface area contributed by atoms with E-state index < -0.39 is 47.5 Å². The molecule has 21 heavy (non-hydrogen) atoms. The molecule has 0 amide bonds. The minimum Gasteiger partial charge on any atom is -0.479 e. The minimum atomic E-state index is -4.78. The molecule has 0 fully saturated rings. The van der Waals surface area contributed by atoms with Gasteiger partial charge in [-0.15, -0.1) is 0 Å². The Kier molecular flexibility index (Phi) is 4.80. The van der Waals surface area contributed by atoms with Crippen LogP contribution in [0, 0.1) is 0 Å². The number of carbonyl (C=O) groups is 1. The lowest BCUT2D eigenvalue weighted by Gasteiger charge is -2.21. The quantitative estimate of drug-likeness (QED) is 0.834. The van der Waals surface area contributed by atoms with Crippen LogP contribution >= 0.6 is 0 Å². The molecule has 0 radical (unpaired) electrons. The Labute approximate surface area is 117 Å². The van der Waals surface area contributed by atoms with Gasteiger partial charge in [0.1, 0.15) is 5.75 Å². The predicted octanol–water partition coefficient (Wildman–Crippen LogP) is 4.06. The van der Waals surface area contributed by atoms with Crippen LogP contribution in [0.4, 0.5) is 22.0 Å². The minimum absolute atomic E-state index is 0.285. The highest BCUT2D eigenvalue weighted by Gasteiger charge is 2.38. The van der Waals surface area contributed by atoms with Crippen molar-refractivity contribution in [1.29, 1.82) is 0 Å². The summed E-state index contributed by atoms with van der Waals surface area (Å²) in [6.45, 7) is 2.19. The second-order valence-corrected chi connectivity index (χ2v) is 4.37. The number of benzene rings is 1. The van der Waals surface area contributed by atoms with Gasteiger partial charge in [0, 0.05) is 6.42 Å². The highest BCUT2D eigenvalue weighted by molar-refractivity contribution is 5.72. The third-order valence-corrected chi connectivity index (χ3v) is 2.80. The fourth-order valence-electron chi connectivity index (χ4n) is 1.53. The molecule has 0 saturated heterocycles. The molecule has 1 atom stereocenters. The van der Waals surface area contributed by atoms with Crippen molar-refractivity contribution >= 4 is 5.97 Å². The van der Waals surface area contributed by atoms with E-state index in [1.54, 1.807) is 0 Å². The number of hydrogen-bond acceptors (Lipinski definition) is 2. The summed E-state index contributed by atoms with van der Waals surface area (Å²) >= 11 is 0. The molecule has 0 aliphatic heterocycles. The summed E-state index contributed by atoms with van der Waals surface area (Å²) in [6, 6.07) is 1.56. The van der Waals surface area contributed by atoms with Gasteiger partial charge in [-0.2, -0.15) is 13.2 Å². The zero-order chi connectivity index (χ0) is 16.4. The second kappa shape index (κ2) is 5.87. The molecule has 0 unspecified atom stereocenters. The lowest BCUT2D eigenvalue weighted by molar-refractivity contribution is -0.144. The smallest absolute Gasteiger partial charge is 0.416 e. The Morgan fingerprint density at radius 2 is 1.86 bits per heavy atom. The molecular formula is C13H13F5O3. The molecule has 8 heteroatoms. The van der Waals surface area contributed by atoms with E-state index in [-0.39, 0.29) is 6.07 Å². The Hall–Kier alpha value is -1.86. The molecule has 0 bridgehead atoms. The van der Waals surface area contributed by atoms with Crippen molar-refractivity contribution in [3.8, 4) is 5.75 Å². The van der Waals surface area contributed by atoms with Crippen molar-refractivity contribution in [3.63, 3.8) is 0 Å². The normalized spacial score (nSPS) is 13.9. The van der Waals surface area contributed by atoms with Gasteiger partial charge >= 0.3 is 12.1 Å². The van der Waals surface area contributed by atoms with Crippen molar-refractivity contribution < 1.29 is 36.6 Å². The number of hydrogen-bond donors (Lipinski definition) is 1. The van der Waals surface area contributed by atoms with E-state index in [9.17, 15) is 26.7 Å². The Balaban J connectivity index is 3.34. The van der Waals surface area contributed by atoms with Crippen LogP contribution in [0.1, 0.15) is 31.4 Å². The molecule has 1 rings (SSSR count). The van der Waals surface area contributed by atoms with Crippen LogP contribution in [0.3, 0.4) is 0 Å². The number of rotatable bonds is 5. The second-order valence-electron chi connectivity index (χ2n) is 4.37. The third-order valence-electron chi connectivity index (χ3n) is 2.80. The van der Waals surface area contributed by atoms with Crippen LogP contribution in [0.2, 0.25) is 0 Å². The third kappa shape index (κ3) is 4.05. The summed E-state index contributed by atoms with van der Waals surface area (Å²) in [5.74, 6) is -5.56. The average Bonchev–Trinajstić information content (AvgIpc) is 2.37. The zero-order valence-electron chi connectivity index (χ0n) is 11.2. The fourth-order valence-corrected chi connectivity index (χ4v) is 1.53. The summed E-state index contributed by atoms with van der Waals surface area (Å²) in [6.07, 6.45) is -6.99. The number of alkyl halides is 5.